The largest absolute Gasteiger partial charge is 0.507 e. The number of aliphatic hydroxyl groups excluding tert-OH is 3. The molecule has 0 bridgehead atoms. The van der Waals surface area contributed by atoms with Crippen molar-refractivity contribution in [3.05, 3.63) is 41.5 Å². The number of ether oxygens (including phenoxy) is 3. The van der Waals surface area contributed by atoms with Crippen molar-refractivity contribution in [2.45, 2.75) is 30.7 Å². The molecule has 0 aromatic heterocycles. The maximum absolute atomic E-state index is 12.2. The van der Waals surface area contributed by atoms with Gasteiger partial charge < -0.3 is 55.1 Å². The molecule has 0 saturated carbocycles. The maximum atomic E-state index is 12.2. The molecule has 178 valence electrons. The van der Waals surface area contributed by atoms with E-state index >= 15 is 0 Å². The van der Waals surface area contributed by atoms with Gasteiger partial charge >= 0.3 is 11.9 Å². The standard InChI is InChI=1S/C20H20O13/c21-10-2-1-8(5-9(10)18(28)29)32-20-17(27)16(26)15(25)13(33-20)6-31-19(30)7-3-11(22)14(24)12(23)4-7/h1-5,13,15-17,20-27H,6H2,(H,28,29). The SMILES string of the molecule is O=C(OCC1OC(Oc2ccc(O)c(C(=O)O)c2)C(O)C(O)C1O)c1cc(O)c(O)c(O)c1. The molecule has 1 aliphatic heterocycles. The molecule has 1 aliphatic rings. The van der Waals surface area contributed by atoms with Gasteiger partial charge in [0, 0.05) is 0 Å². The number of carbonyl (C=O) groups is 2. The Morgan fingerprint density at radius 3 is 2.12 bits per heavy atom. The van der Waals surface area contributed by atoms with Gasteiger partial charge in [0.05, 0.1) is 5.56 Å². The first kappa shape index (κ1) is 23.9. The minimum Gasteiger partial charge on any atom is -0.507 e. The van der Waals surface area contributed by atoms with Crippen molar-refractivity contribution in [1.82, 2.24) is 0 Å². The van der Waals surface area contributed by atoms with Gasteiger partial charge in [-0.1, -0.05) is 0 Å². The first-order valence-electron chi connectivity index (χ1n) is 9.34. The maximum Gasteiger partial charge on any atom is 0.339 e. The number of rotatable bonds is 6. The number of carbonyl (C=O) groups excluding carboxylic acids is 1. The van der Waals surface area contributed by atoms with Gasteiger partial charge in [0.15, 0.2) is 17.2 Å². The summed E-state index contributed by atoms with van der Waals surface area (Å²) in [6.07, 6.45) is -8.33. The summed E-state index contributed by atoms with van der Waals surface area (Å²) in [7, 11) is 0. The number of esters is 1. The van der Waals surface area contributed by atoms with Crippen molar-refractivity contribution in [1.29, 1.82) is 0 Å². The Morgan fingerprint density at radius 1 is 0.879 bits per heavy atom. The fourth-order valence-corrected chi connectivity index (χ4v) is 3.01. The molecule has 0 amide bonds. The molecule has 1 heterocycles. The molecule has 2 aromatic rings. The van der Waals surface area contributed by atoms with Crippen LogP contribution in [0.25, 0.3) is 0 Å². The lowest BCUT2D eigenvalue weighted by molar-refractivity contribution is -0.277. The highest BCUT2D eigenvalue weighted by atomic mass is 16.7. The molecule has 5 unspecified atom stereocenters. The fraction of sp³-hybridized carbons (Fsp3) is 0.300. The number of hydrogen-bond acceptors (Lipinski definition) is 12. The summed E-state index contributed by atoms with van der Waals surface area (Å²) in [5.41, 5.74) is -0.837. The summed E-state index contributed by atoms with van der Waals surface area (Å²) in [4.78, 5) is 23.3. The highest BCUT2D eigenvalue weighted by molar-refractivity contribution is 5.91. The van der Waals surface area contributed by atoms with Crippen molar-refractivity contribution >= 4 is 11.9 Å². The Balaban J connectivity index is 1.71. The van der Waals surface area contributed by atoms with Crippen LogP contribution in [0.2, 0.25) is 0 Å². The van der Waals surface area contributed by atoms with E-state index in [0.717, 1.165) is 24.3 Å². The van der Waals surface area contributed by atoms with Crippen LogP contribution in [0.4, 0.5) is 0 Å². The van der Waals surface area contributed by atoms with Crippen LogP contribution in [-0.2, 0) is 9.47 Å². The van der Waals surface area contributed by atoms with E-state index in [4.69, 9.17) is 19.3 Å². The third kappa shape index (κ3) is 5.01. The molecule has 1 saturated heterocycles. The second-order valence-electron chi connectivity index (χ2n) is 7.08. The van der Waals surface area contributed by atoms with E-state index in [1.54, 1.807) is 0 Å². The minimum absolute atomic E-state index is 0.149. The van der Waals surface area contributed by atoms with Crippen molar-refractivity contribution in [3.8, 4) is 28.7 Å². The number of hydrogen-bond donors (Lipinski definition) is 8. The average molecular weight is 468 g/mol. The van der Waals surface area contributed by atoms with E-state index in [0.29, 0.717) is 0 Å². The van der Waals surface area contributed by atoms with Crippen LogP contribution in [-0.4, -0.2) is 90.1 Å². The van der Waals surface area contributed by atoms with E-state index in [2.05, 4.69) is 0 Å². The highest BCUT2D eigenvalue weighted by Crippen LogP contribution is 2.35. The minimum atomic E-state index is -1.80. The first-order valence-corrected chi connectivity index (χ1v) is 9.34. The quantitative estimate of drug-likeness (QED) is 0.193. The Labute approximate surface area is 184 Å². The average Bonchev–Trinajstić information content (AvgIpc) is 2.77. The highest BCUT2D eigenvalue weighted by Gasteiger charge is 2.45. The first-order chi connectivity index (χ1) is 15.5. The molecular formula is C20H20O13. The molecular weight excluding hydrogens is 448 g/mol. The molecule has 5 atom stereocenters. The Kier molecular flexibility index (Phi) is 6.78. The van der Waals surface area contributed by atoms with E-state index < -0.39 is 77.8 Å². The Bertz CT molecular complexity index is 1030. The van der Waals surface area contributed by atoms with E-state index in [-0.39, 0.29) is 11.3 Å². The molecule has 13 heteroatoms. The van der Waals surface area contributed by atoms with Gasteiger partial charge in [0.1, 0.15) is 48.1 Å². The predicted octanol–water partition coefficient (Wildman–Crippen LogP) is -0.749. The van der Waals surface area contributed by atoms with E-state index in [1.807, 2.05) is 0 Å². The number of aromatic hydroxyl groups is 4. The summed E-state index contributed by atoms with van der Waals surface area (Å²) < 4.78 is 15.7. The summed E-state index contributed by atoms with van der Waals surface area (Å²) in [5, 5.41) is 77.3. The van der Waals surface area contributed by atoms with Crippen molar-refractivity contribution in [3.63, 3.8) is 0 Å². The number of aromatic carboxylic acids is 1. The van der Waals surface area contributed by atoms with E-state index in [9.17, 15) is 45.3 Å². The normalized spacial score (nSPS) is 24.8. The number of carboxylic acid groups (broad SMARTS) is 1. The third-order valence-electron chi connectivity index (χ3n) is 4.80. The number of carboxylic acids is 1. The van der Waals surface area contributed by atoms with Crippen LogP contribution in [0.1, 0.15) is 20.7 Å². The van der Waals surface area contributed by atoms with Crippen LogP contribution >= 0.6 is 0 Å². The molecule has 13 nitrogen and oxygen atoms in total. The molecule has 0 radical (unpaired) electrons. The van der Waals surface area contributed by atoms with E-state index in [1.165, 1.54) is 6.07 Å². The monoisotopic (exact) mass is 468 g/mol. The third-order valence-corrected chi connectivity index (χ3v) is 4.80. The lowest BCUT2D eigenvalue weighted by Gasteiger charge is -2.39. The van der Waals surface area contributed by atoms with Crippen LogP contribution in [0.15, 0.2) is 30.3 Å². The van der Waals surface area contributed by atoms with Crippen molar-refractivity contribution in [2.75, 3.05) is 6.61 Å². The number of phenols is 4. The summed E-state index contributed by atoms with van der Waals surface area (Å²) >= 11 is 0. The lowest BCUT2D eigenvalue weighted by Crippen LogP contribution is -2.60. The van der Waals surface area contributed by atoms with Crippen LogP contribution in [0.5, 0.6) is 28.7 Å². The lowest BCUT2D eigenvalue weighted by atomic mass is 9.99. The number of aliphatic hydroxyl groups is 3. The molecule has 0 spiro atoms. The topological polar surface area (TPSA) is 224 Å². The number of benzene rings is 2. The summed E-state index contributed by atoms with van der Waals surface area (Å²) in [5.74, 6) is -5.62. The zero-order valence-electron chi connectivity index (χ0n) is 16.6. The van der Waals surface area contributed by atoms with Gasteiger partial charge in [-0.3, -0.25) is 0 Å². The second-order valence-corrected chi connectivity index (χ2v) is 7.08. The Hall–Kier alpha value is -3.78. The molecule has 2 aromatic carbocycles. The fourth-order valence-electron chi connectivity index (χ4n) is 3.01. The number of phenolic OH excluding ortho intramolecular Hbond substituents is 3. The smallest absolute Gasteiger partial charge is 0.339 e. The van der Waals surface area contributed by atoms with Gasteiger partial charge in [-0.15, -0.1) is 0 Å². The zero-order chi connectivity index (χ0) is 24.4. The van der Waals surface area contributed by atoms with Gasteiger partial charge in [-0.2, -0.15) is 0 Å². The molecule has 8 N–H and O–H groups in total. The van der Waals surface area contributed by atoms with Crippen molar-refractivity contribution in [2.24, 2.45) is 0 Å². The predicted molar refractivity (Wildman–Crippen MR) is 104 cm³/mol. The summed E-state index contributed by atoms with van der Waals surface area (Å²) in [6, 6.07) is 4.80. The van der Waals surface area contributed by atoms with Crippen LogP contribution in [0.3, 0.4) is 0 Å². The molecule has 33 heavy (non-hydrogen) atoms. The van der Waals surface area contributed by atoms with Gasteiger partial charge in [-0.05, 0) is 30.3 Å². The van der Waals surface area contributed by atoms with Gasteiger partial charge in [-0.25, -0.2) is 9.59 Å². The van der Waals surface area contributed by atoms with Gasteiger partial charge in [0.2, 0.25) is 6.29 Å². The Morgan fingerprint density at radius 2 is 1.52 bits per heavy atom. The molecule has 0 aliphatic carbocycles. The molecule has 3 rings (SSSR count). The second kappa shape index (κ2) is 9.38. The molecule has 1 fully saturated rings. The van der Waals surface area contributed by atoms with Crippen molar-refractivity contribution < 1.29 is 64.7 Å². The van der Waals surface area contributed by atoms with Crippen LogP contribution < -0.4 is 4.74 Å². The summed E-state index contributed by atoms with van der Waals surface area (Å²) in [6.45, 7) is -0.665. The zero-order valence-corrected chi connectivity index (χ0v) is 16.6. The van der Waals surface area contributed by atoms with Crippen LogP contribution in [0, 0.1) is 0 Å². The van der Waals surface area contributed by atoms with Gasteiger partial charge in [0.25, 0.3) is 0 Å².